The zero-order valence-corrected chi connectivity index (χ0v) is 12.4. The minimum atomic E-state index is -0.429. The Morgan fingerprint density at radius 1 is 1.40 bits per heavy atom. The van der Waals surface area contributed by atoms with Crippen molar-refractivity contribution in [3.8, 4) is 0 Å². The number of nitro groups is 1. The van der Waals surface area contributed by atoms with Gasteiger partial charge < -0.3 is 5.32 Å². The van der Waals surface area contributed by atoms with Crippen molar-refractivity contribution in [1.82, 2.24) is 10.7 Å². The first-order valence-electron chi connectivity index (χ1n) is 6.37. The zero-order valence-electron chi connectivity index (χ0n) is 11.5. The fraction of sp³-hybridized carbons (Fsp3) is 0.385. The monoisotopic (exact) mass is 294 g/mol. The third-order valence-corrected chi connectivity index (χ3v) is 2.87. The molecule has 0 fully saturated rings. The molecule has 0 heterocycles. The van der Waals surface area contributed by atoms with Crippen molar-refractivity contribution in [2.45, 2.75) is 26.7 Å². The van der Waals surface area contributed by atoms with Crippen molar-refractivity contribution in [2.24, 2.45) is 5.10 Å². The SMILES string of the molecule is CCCCNC(=S)NN=C(C)c1ccc([N+](=O)[O-])cc1. The molecule has 1 aromatic rings. The van der Waals surface area contributed by atoms with Crippen molar-refractivity contribution in [3.63, 3.8) is 0 Å². The lowest BCUT2D eigenvalue weighted by Crippen LogP contribution is -2.33. The summed E-state index contributed by atoms with van der Waals surface area (Å²) in [4.78, 5) is 10.1. The molecule has 0 unspecified atom stereocenters. The van der Waals surface area contributed by atoms with E-state index in [1.807, 2.05) is 6.92 Å². The predicted molar refractivity (Wildman–Crippen MR) is 84.0 cm³/mol. The van der Waals surface area contributed by atoms with Gasteiger partial charge in [0.05, 0.1) is 10.6 Å². The van der Waals surface area contributed by atoms with E-state index in [0.717, 1.165) is 24.9 Å². The van der Waals surface area contributed by atoms with Crippen LogP contribution in [0.25, 0.3) is 0 Å². The van der Waals surface area contributed by atoms with Gasteiger partial charge in [0.2, 0.25) is 0 Å². The highest BCUT2D eigenvalue weighted by Gasteiger charge is 2.05. The van der Waals surface area contributed by atoms with Gasteiger partial charge in [-0.25, -0.2) is 0 Å². The van der Waals surface area contributed by atoms with Gasteiger partial charge in [0.15, 0.2) is 5.11 Å². The van der Waals surface area contributed by atoms with Crippen LogP contribution in [0.3, 0.4) is 0 Å². The lowest BCUT2D eigenvalue weighted by Gasteiger charge is -2.07. The molecule has 20 heavy (non-hydrogen) atoms. The lowest BCUT2D eigenvalue weighted by atomic mass is 10.1. The van der Waals surface area contributed by atoms with Gasteiger partial charge in [-0.3, -0.25) is 15.5 Å². The van der Waals surface area contributed by atoms with Crippen LogP contribution in [0.2, 0.25) is 0 Å². The Bertz CT molecular complexity index is 500. The quantitative estimate of drug-likeness (QED) is 0.277. The van der Waals surface area contributed by atoms with E-state index in [-0.39, 0.29) is 5.69 Å². The van der Waals surface area contributed by atoms with Crippen LogP contribution in [0.1, 0.15) is 32.3 Å². The maximum atomic E-state index is 10.6. The average Bonchev–Trinajstić information content (AvgIpc) is 2.45. The van der Waals surface area contributed by atoms with E-state index in [1.54, 1.807) is 12.1 Å². The highest BCUT2D eigenvalue weighted by molar-refractivity contribution is 7.80. The Labute approximate surface area is 123 Å². The van der Waals surface area contributed by atoms with E-state index in [4.69, 9.17) is 12.2 Å². The highest BCUT2D eigenvalue weighted by atomic mass is 32.1. The Kier molecular flexibility index (Phi) is 6.58. The number of nitro benzene ring substituents is 1. The minimum absolute atomic E-state index is 0.0614. The van der Waals surface area contributed by atoms with Crippen LogP contribution in [-0.2, 0) is 0 Å². The molecule has 0 bridgehead atoms. The number of thiocarbonyl (C=S) groups is 1. The van der Waals surface area contributed by atoms with E-state index in [0.29, 0.717) is 10.8 Å². The minimum Gasteiger partial charge on any atom is -0.361 e. The average molecular weight is 294 g/mol. The number of unbranched alkanes of at least 4 members (excludes halogenated alkanes) is 1. The number of rotatable bonds is 6. The Morgan fingerprint density at radius 2 is 2.05 bits per heavy atom. The normalized spacial score (nSPS) is 11.0. The summed E-state index contributed by atoms with van der Waals surface area (Å²) >= 11 is 5.07. The van der Waals surface area contributed by atoms with Crippen molar-refractivity contribution in [3.05, 3.63) is 39.9 Å². The Balaban J connectivity index is 2.55. The van der Waals surface area contributed by atoms with Gasteiger partial charge in [-0.1, -0.05) is 13.3 Å². The van der Waals surface area contributed by atoms with Gasteiger partial charge in [-0.05, 0) is 43.3 Å². The second kappa shape index (κ2) is 8.21. The van der Waals surface area contributed by atoms with Crippen LogP contribution < -0.4 is 10.7 Å². The van der Waals surface area contributed by atoms with Gasteiger partial charge in [-0.2, -0.15) is 5.10 Å². The van der Waals surface area contributed by atoms with Crippen molar-refractivity contribution in [2.75, 3.05) is 6.54 Å². The van der Waals surface area contributed by atoms with E-state index in [1.165, 1.54) is 12.1 Å². The molecule has 6 nitrogen and oxygen atoms in total. The number of non-ortho nitro benzene ring substituents is 1. The first-order chi connectivity index (χ1) is 9.54. The number of hydrogen-bond acceptors (Lipinski definition) is 4. The lowest BCUT2D eigenvalue weighted by molar-refractivity contribution is -0.384. The van der Waals surface area contributed by atoms with E-state index < -0.39 is 4.92 Å². The molecular weight excluding hydrogens is 276 g/mol. The molecule has 1 aromatic carbocycles. The molecule has 0 atom stereocenters. The molecule has 2 N–H and O–H groups in total. The van der Waals surface area contributed by atoms with Crippen molar-refractivity contribution >= 4 is 28.7 Å². The molecular formula is C13H18N4O2S. The molecule has 0 saturated carbocycles. The standard InChI is InChI=1S/C13H18N4O2S/c1-3-4-9-14-13(20)16-15-10(2)11-5-7-12(8-6-11)17(18)19/h5-8H,3-4,9H2,1-2H3,(H2,14,16,20). The maximum Gasteiger partial charge on any atom is 0.269 e. The van der Waals surface area contributed by atoms with E-state index in [2.05, 4.69) is 22.8 Å². The summed E-state index contributed by atoms with van der Waals surface area (Å²) in [6.07, 6.45) is 2.15. The van der Waals surface area contributed by atoms with Crippen LogP contribution >= 0.6 is 12.2 Å². The Morgan fingerprint density at radius 3 is 2.60 bits per heavy atom. The molecule has 0 saturated heterocycles. The van der Waals surface area contributed by atoms with Crippen molar-refractivity contribution < 1.29 is 4.92 Å². The van der Waals surface area contributed by atoms with E-state index >= 15 is 0 Å². The summed E-state index contributed by atoms with van der Waals surface area (Å²) in [6, 6.07) is 6.22. The fourth-order valence-electron chi connectivity index (χ4n) is 1.44. The molecule has 0 amide bonds. The summed E-state index contributed by atoms with van der Waals surface area (Å²) in [6.45, 7) is 4.73. The highest BCUT2D eigenvalue weighted by Crippen LogP contribution is 2.12. The molecule has 0 aromatic heterocycles. The summed E-state index contributed by atoms with van der Waals surface area (Å²) in [7, 11) is 0. The first-order valence-corrected chi connectivity index (χ1v) is 6.78. The number of hydrazone groups is 1. The molecule has 7 heteroatoms. The van der Waals surface area contributed by atoms with Gasteiger partial charge in [0.25, 0.3) is 5.69 Å². The molecule has 0 aliphatic carbocycles. The molecule has 0 aliphatic rings. The van der Waals surface area contributed by atoms with Crippen molar-refractivity contribution in [1.29, 1.82) is 0 Å². The molecule has 0 aliphatic heterocycles. The Hall–Kier alpha value is -2.02. The van der Waals surface area contributed by atoms with Crippen LogP contribution in [0.4, 0.5) is 5.69 Å². The second-order valence-electron chi connectivity index (χ2n) is 4.22. The smallest absolute Gasteiger partial charge is 0.269 e. The number of benzene rings is 1. The zero-order chi connectivity index (χ0) is 15.0. The van der Waals surface area contributed by atoms with Gasteiger partial charge >= 0.3 is 0 Å². The maximum absolute atomic E-state index is 10.6. The third kappa shape index (κ3) is 5.31. The third-order valence-electron chi connectivity index (χ3n) is 2.64. The largest absolute Gasteiger partial charge is 0.361 e. The van der Waals surface area contributed by atoms with Gasteiger partial charge in [0, 0.05) is 18.7 Å². The van der Waals surface area contributed by atoms with Crippen LogP contribution in [0.15, 0.2) is 29.4 Å². The van der Waals surface area contributed by atoms with Gasteiger partial charge in [-0.15, -0.1) is 0 Å². The predicted octanol–water partition coefficient (Wildman–Crippen LogP) is 2.58. The topological polar surface area (TPSA) is 79.6 Å². The summed E-state index contributed by atoms with van der Waals surface area (Å²) in [5, 5.41) is 18.2. The molecule has 0 radical (unpaired) electrons. The van der Waals surface area contributed by atoms with Gasteiger partial charge in [0.1, 0.15) is 0 Å². The summed E-state index contributed by atoms with van der Waals surface area (Å²) in [5.74, 6) is 0. The first kappa shape index (κ1) is 16.0. The summed E-state index contributed by atoms with van der Waals surface area (Å²) in [5.41, 5.74) is 4.33. The fourth-order valence-corrected chi connectivity index (χ4v) is 1.59. The molecule has 0 spiro atoms. The van der Waals surface area contributed by atoms with Crippen LogP contribution in [-0.4, -0.2) is 22.3 Å². The van der Waals surface area contributed by atoms with E-state index in [9.17, 15) is 10.1 Å². The number of hydrogen-bond donors (Lipinski definition) is 2. The number of nitrogens with one attached hydrogen (secondary N) is 2. The second-order valence-corrected chi connectivity index (χ2v) is 4.63. The van der Waals surface area contributed by atoms with Crippen LogP contribution in [0.5, 0.6) is 0 Å². The summed E-state index contributed by atoms with van der Waals surface area (Å²) < 4.78 is 0. The molecule has 108 valence electrons. The molecule has 1 rings (SSSR count). The number of nitrogens with zero attached hydrogens (tertiary/aromatic N) is 2. The van der Waals surface area contributed by atoms with Crippen LogP contribution in [0, 0.1) is 10.1 Å².